The summed E-state index contributed by atoms with van der Waals surface area (Å²) in [6.07, 6.45) is 0. The number of fused-ring (bicyclic) bond motifs is 2. The van der Waals surface area contributed by atoms with Gasteiger partial charge in [0, 0.05) is 35.3 Å². The van der Waals surface area contributed by atoms with Crippen LogP contribution in [-0.4, -0.2) is 91.4 Å². The predicted octanol–water partition coefficient (Wildman–Crippen LogP) is 3.58. The minimum Gasteiger partial charge on any atom is -0.480 e. The van der Waals surface area contributed by atoms with Gasteiger partial charge in [0.15, 0.2) is 5.43 Å². The third kappa shape index (κ3) is 8.32. The highest BCUT2D eigenvalue weighted by Gasteiger charge is 2.29. The first kappa shape index (κ1) is 36.5. The van der Waals surface area contributed by atoms with Crippen LogP contribution in [0.2, 0.25) is 0 Å². The zero-order valence-electron chi connectivity index (χ0n) is 27.1. The third-order valence-electron chi connectivity index (χ3n) is 7.91. The number of carboxylic acids is 5. The van der Waals surface area contributed by atoms with Crippen molar-refractivity contribution in [3.8, 4) is 33.9 Å². The molecule has 0 unspecified atom stereocenters. The summed E-state index contributed by atoms with van der Waals surface area (Å²) in [6, 6.07) is 17.9. The SMILES string of the molecule is Nc1ccc(Oc2ccc3c(-c4ccccc4C(=O)O)c4ccc(=O)c(CN(CC(=O)O)CC(=O)O)c-4oc3c2CN(CC(=O)O)CC(=O)O)cc1. The number of ether oxygens (including phenoxy) is 1. The Morgan fingerprint density at radius 1 is 0.654 bits per heavy atom. The number of hydrogen-bond acceptors (Lipinski definition) is 11. The molecule has 1 aliphatic heterocycles. The maximum Gasteiger partial charge on any atom is 0.336 e. The zero-order valence-corrected chi connectivity index (χ0v) is 27.1. The first-order valence-corrected chi connectivity index (χ1v) is 15.4. The van der Waals surface area contributed by atoms with Gasteiger partial charge in [-0.2, -0.15) is 0 Å². The minimum atomic E-state index is -1.36. The number of carbonyl (C=O) groups is 5. The molecule has 16 nitrogen and oxygen atoms in total. The lowest BCUT2D eigenvalue weighted by atomic mass is 9.88. The first-order chi connectivity index (χ1) is 24.7. The largest absolute Gasteiger partial charge is 0.480 e. The Bertz CT molecular complexity index is 2200. The van der Waals surface area contributed by atoms with Crippen LogP contribution in [0.15, 0.2) is 82.0 Å². The average molecular weight is 714 g/mol. The Kier molecular flexibility index (Phi) is 10.8. The van der Waals surface area contributed by atoms with E-state index in [2.05, 4.69) is 0 Å². The maximum absolute atomic E-state index is 13.5. The van der Waals surface area contributed by atoms with E-state index in [1.54, 1.807) is 36.4 Å². The van der Waals surface area contributed by atoms with E-state index in [0.29, 0.717) is 5.69 Å². The molecule has 0 bridgehead atoms. The van der Waals surface area contributed by atoms with Gasteiger partial charge in [0.2, 0.25) is 0 Å². The number of nitrogens with two attached hydrogens (primary N) is 1. The molecule has 3 aromatic carbocycles. The molecule has 0 aromatic heterocycles. The van der Waals surface area contributed by atoms with Gasteiger partial charge in [-0.3, -0.25) is 33.8 Å². The minimum absolute atomic E-state index is 0.0497. The van der Waals surface area contributed by atoms with Crippen LogP contribution in [-0.2, 0) is 32.3 Å². The lowest BCUT2D eigenvalue weighted by Gasteiger charge is -2.25. The average Bonchev–Trinajstić information content (AvgIpc) is 3.06. The second kappa shape index (κ2) is 15.4. The second-order valence-electron chi connectivity index (χ2n) is 11.7. The Labute approximate surface area is 293 Å². The van der Waals surface area contributed by atoms with Crippen LogP contribution >= 0.6 is 0 Å². The molecule has 0 radical (unpaired) electrons. The lowest BCUT2D eigenvalue weighted by Crippen LogP contribution is -2.35. The van der Waals surface area contributed by atoms with Crippen LogP contribution in [0.1, 0.15) is 21.5 Å². The second-order valence-corrected chi connectivity index (χ2v) is 11.7. The van der Waals surface area contributed by atoms with Crippen molar-refractivity contribution in [3.63, 3.8) is 0 Å². The van der Waals surface area contributed by atoms with E-state index >= 15 is 0 Å². The van der Waals surface area contributed by atoms with Crippen molar-refractivity contribution in [3.05, 3.63) is 99.7 Å². The summed E-state index contributed by atoms with van der Waals surface area (Å²) in [5.74, 6) is -6.47. The highest BCUT2D eigenvalue weighted by molar-refractivity contribution is 6.08. The molecular formula is C36H31N3O13. The summed E-state index contributed by atoms with van der Waals surface area (Å²) in [5.41, 5.74) is 6.04. The lowest BCUT2D eigenvalue weighted by molar-refractivity contribution is -0.144. The zero-order chi connectivity index (χ0) is 37.7. The van der Waals surface area contributed by atoms with Gasteiger partial charge in [-0.05, 0) is 60.2 Å². The standard InChI is InChI=1S/C36H31N3O13/c37-19-5-7-20(8-6-19)51-28-12-10-24-33(21-3-1-2-4-22(21)36(49)50)23-9-11-27(40)25(13-38(15-29(41)42)16-30(43)44)34(23)52-35(24)26(28)14-39(17-31(45)46)18-32(47)48/h1-12H,13-18,37H2,(H,41,42)(H,43,44)(H,45,46)(H,47,48)(H,49,50). The Balaban J connectivity index is 1.90. The summed E-state index contributed by atoms with van der Waals surface area (Å²) in [4.78, 5) is 75.0. The molecule has 0 saturated heterocycles. The van der Waals surface area contributed by atoms with Crippen molar-refractivity contribution >= 4 is 46.5 Å². The summed E-state index contributed by atoms with van der Waals surface area (Å²) >= 11 is 0. The molecule has 1 heterocycles. The normalized spacial score (nSPS) is 11.3. The highest BCUT2D eigenvalue weighted by Crippen LogP contribution is 2.45. The maximum atomic E-state index is 13.5. The van der Waals surface area contributed by atoms with Gasteiger partial charge in [-0.15, -0.1) is 0 Å². The van der Waals surface area contributed by atoms with Crippen LogP contribution in [0, 0.1) is 0 Å². The number of hydrogen-bond donors (Lipinski definition) is 6. The summed E-state index contributed by atoms with van der Waals surface area (Å²) in [7, 11) is 0. The van der Waals surface area contributed by atoms with Crippen molar-refractivity contribution in [2.24, 2.45) is 0 Å². The van der Waals surface area contributed by atoms with Crippen LogP contribution in [0.4, 0.5) is 5.69 Å². The van der Waals surface area contributed by atoms with E-state index in [1.165, 1.54) is 36.4 Å². The van der Waals surface area contributed by atoms with Crippen molar-refractivity contribution in [1.82, 2.24) is 9.80 Å². The molecule has 0 spiro atoms. The third-order valence-corrected chi connectivity index (χ3v) is 7.91. The molecule has 268 valence electrons. The van der Waals surface area contributed by atoms with Gasteiger partial charge >= 0.3 is 29.8 Å². The quantitative estimate of drug-likeness (QED) is 0.0631. The molecule has 0 amide bonds. The number of nitrogen functional groups attached to an aromatic ring is 1. The monoisotopic (exact) mass is 713 g/mol. The van der Waals surface area contributed by atoms with E-state index in [0.717, 1.165) is 9.80 Å². The van der Waals surface area contributed by atoms with E-state index < -0.39 is 74.5 Å². The molecule has 0 atom stereocenters. The number of carboxylic acid groups (broad SMARTS) is 5. The Morgan fingerprint density at radius 2 is 1.21 bits per heavy atom. The Hall–Kier alpha value is -6.78. The molecular weight excluding hydrogens is 682 g/mol. The number of aliphatic carboxylic acids is 4. The van der Waals surface area contributed by atoms with Crippen LogP contribution in [0.5, 0.6) is 11.5 Å². The van der Waals surface area contributed by atoms with E-state index in [1.807, 2.05) is 0 Å². The molecule has 7 N–H and O–H groups in total. The van der Waals surface area contributed by atoms with Gasteiger partial charge in [0.25, 0.3) is 0 Å². The smallest absolute Gasteiger partial charge is 0.336 e. The molecule has 5 rings (SSSR count). The fourth-order valence-electron chi connectivity index (χ4n) is 5.88. The van der Waals surface area contributed by atoms with Crippen LogP contribution < -0.4 is 15.9 Å². The summed E-state index contributed by atoms with van der Waals surface area (Å²) in [5, 5.41) is 48.7. The number of aromatic carboxylic acids is 1. The highest BCUT2D eigenvalue weighted by atomic mass is 16.5. The van der Waals surface area contributed by atoms with Gasteiger partial charge in [-0.25, -0.2) is 4.79 Å². The molecule has 2 aliphatic rings. The van der Waals surface area contributed by atoms with Crippen LogP contribution in [0.25, 0.3) is 33.4 Å². The molecule has 1 aliphatic carbocycles. The van der Waals surface area contributed by atoms with Gasteiger partial charge in [-0.1, -0.05) is 18.2 Å². The fourth-order valence-corrected chi connectivity index (χ4v) is 5.88. The van der Waals surface area contributed by atoms with Crippen molar-refractivity contribution in [2.45, 2.75) is 13.1 Å². The van der Waals surface area contributed by atoms with Crippen molar-refractivity contribution in [2.75, 3.05) is 31.9 Å². The first-order valence-electron chi connectivity index (χ1n) is 15.4. The van der Waals surface area contributed by atoms with Gasteiger partial charge in [0.1, 0.15) is 22.8 Å². The number of rotatable bonds is 16. The van der Waals surface area contributed by atoms with E-state index in [-0.39, 0.29) is 61.6 Å². The van der Waals surface area contributed by atoms with E-state index in [9.17, 15) is 54.3 Å². The molecule has 16 heteroatoms. The molecule has 52 heavy (non-hydrogen) atoms. The summed E-state index contributed by atoms with van der Waals surface area (Å²) in [6.45, 7) is -3.86. The summed E-state index contributed by atoms with van der Waals surface area (Å²) < 4.78 is 12.7. The van der Waals surface area contributed by atoms with Crippen molar-refractivity contribution < 1.29 is 58.7 Å². The molecule has 0 saturated carbocycles. The van der Waals surface area contributed by atoms with Gasteiger partial charge < -0.3 is 40.4 Å². The Morgan fingerprint density at radius 3 is 1.77 bits per heavy atom. The number of benzene rings is 4. The fraction of sp³-hybridized carbons (Fsp3) is 0.167. The number of anilines is 1. The van der Waals surface area contributed by atoms with E-state index in [4.69, 9.17) is 14.9 Å². The van der Waals surface area contributed by atoms with Gasteiger partial charge in [0.05, 0.1) is 42.9 Å². The molecule has 3 aromatic rings. The van der Waals surface area contributed by atoms with Crippen LogP contribution in [0.3, 0.4) is 0 Å². The van der Waals surface area contributed by atoms with Crippen molar-refractivity contribution in [1.29, 1.82) is 0 Å². The number of nitrogens with zero attached hydrogens (tertiary/aromatic N) is 2. The predicted molar refractivity (Wildman–Crippen MR) is 184 cm³/mol. The topological polar surface area (TPSA) is 258 Å². The molecule has 0 fully saturated rings.